The zero-order valence-corrected chi connectivity index (χ0v) is 19.5. The van der Waals surface area contributed by atoms with Crippen LogP contribution in [0.3, 0.4) is 0 Å². The number of halogens is 7. The van der Waals surface area contributed by atoms with Crippen LogP contribution in [0.1, 0.15) is 47.5 Å². The number of alkyl halides is 7. The lowest BCUT2D eigenvalue weighted by Gasteiger charge is -2.11. The third-order valence-electron chi connectivity index (χ3n) is 1.99. The van der Waals surface area contributed by atoms with Gasteiger partial charge in [-0.05, 0) is 33.1 Å². The summed E-state index contributed by atoms with van der Waals surface area (Å²) in [5.41, 5.74) is 0. The summed E-state index contributed by atoms with van der Waals surface area (Å²) in [7, 11) is 0. The van der Waals surface area contributed by atoms with E-state index in [9.17, 15) is 0 Å². The summed E-state index contributed by atoms with van der Waals surface area (Å²) in [6, 6.07) is 0. The second-order valence-electron chi connectivity index (χ2n) is 4.56. The van der Waals surface area contributed by atoms with Gasteiger partial charge in [-0.1, -0.05) is 20.3 Å². The van der Waals surface area contributed by atoms with Gasteiger partial charge in [0.05, 0.1) is 0 Å². The van der Waals surface area contributed by atoms with E-state index in [-0.39, 0.29) is 16.1 Å². The van der Waals surface area contributed by atoms with Crippen molar-refractivity contribution in [2.45, 2.75) is 63.6 Å². The Labute approximate surface area is 173 Å². The van der Waals surface area contributed by atoms with Crippen LogP contribution in [-0.2, 0) is 0 Å². The van der Waals surface area contributed by atoms with Gasteiger partial charge < -0.3 is 0 Å². The van der Waals surface area contributed by atoms with Crippen LogP contribution in [0.15, 0.2) is 0 Å². The van der Waals surface area contributed by atoms with E-state index in [1.54, 1.807) is 0 Å². The van der Waals surface area contributed by atoms with Gasteiger partial charge in [-0.25, -0.2) is 0 Å². The summed E-state index contributed by atoms with van der Waals surface area (Å²) in [6.07, 6.45) is 2.16. The zero-order chi connectivity index (χ0) is 18.6. The van der Waals surface area contributed by atoms with E-state index in [1.807, 2.05) is 27.7 Å². The van der Waals surface area contributed by atoms with Crippen molar-refractivity contribution in [3.63, 3.8) is 0 Å². The van der Waals surface area contributed by atoms with Crippen LogP contribution >= 0.6 is 81.2 Å². The van der Waals surface area contributed by atoms with Crippen LogP contribution in [0.2, 0.25) is 0 Å². The van der Waals surface area contributed by atoms with Crippen molar-refractivity contribution in [1.29, 1.82) is 0 Å². The molecule has 0 saturated carbocycles. The molecule has 0 aliphatic rings. The first-order valence-electron chi connectivity index (χ1n) is 7.34. The Morgan fingerprint density at radius 3 is 0.955 bits per heavy atom. The molecule has 0 heterocycles. The van der Waals surface area contributed by atoms with Crippen LogP contribution in [0.25, 0.3) is 0 Å². The van der Waals surface area contributed by atoms with Gasteiger partial charge in [0.15, 0.2) is 0 Å². The quantitative estimate of drug-likeness (QED) is 0.351. The highest BCUT2D eigenvalue weighted by atomic mass is 35.5. The Hall–Kier alpha value is 2.03. The highest BCUT2D eigenvalue weighted by Gasteiger charge is 2.09. The molecule has 0 spiro atoms. The molecule has 4 unspecified atom stereocenters. The molecule has 0 aromatic heterocycles. The summed E-state index contributed by atoms with van der Waals surface area (Å²) in [5, 5.41) is 0.464. The van der Waals surface area contributed by atoms with Gasteiger partial charge in [-0.15, -0.1) is 81.2 Å². The molecular weight excluding hydrogens is 428 g/mol. The Morgan fingerprint density at radius 1 is 0.682 bits per heavy atom. The topological polar surface area (TPSA) is 0 Å². The minimum Gasteiger partial charge on any atom is -0.127 e. The molecule has 0 aliphatic carbocycles. The predicted octanol–water partition coefficient (Wildman–Crippen LogP) is 8.22. The van der Waals surface area contributed by atoms with Gasteiger partial charge in [0.25, 0.3) is 0 Å². The average Bonchev–Trinajstić information content (AvgIpc) is 2.49. The third-order valence-corrected chi connectivity index (χ3v) is 4.67. The molecule has 0 aromatic rings. The minimum atomic E-state index is 0.122. The molecule has 0 aromatic carbocycles. The first-order chi connectivity index (χ1) is 10.2. The molecule has 0 amide bonds. The largest absolute Gasteiger partial charge is 0.127 e. The van der Waals surface area contributed by atoms with Crippen LogP contribution < -0.4 is 0 Å². The summed E-state index contributed by atoms with van der Waals surface area (Å²) in [5.74, 6) is 3.04. The molecule has 7 heteroatoms. The maximum absolute atomic E-state index is 5.76. The van der Waals surface area contributed by atoms with Crippen LogP contribution in [-0.4, -0.2) is 39.7 Å². The molecule has 0 radical (unpaired) electrons. The first-order valence-corrected chi connectivity index (χ1v) is 10.8. The lowest BCUT2D eigenvalue weighted by Crippen LogP contribution is -2.11. The smallest absolute Gasteiger partial charge is 0.0443 e. The summed E-state index contributed by atoms with van der Waals surface area (Å²) in [4.78, 5) is 0. The van der Waals surface area contributed by atoms with Crippen LogP contribution in [0, 0.1) is 5.92 Å². The second kappa shape index (κ2) is 27.9. The fourth-order valence-electron chi connectivity index (χ4n) is 0.557. The van der Waals surface area contributed by atoms with E-state index in [2.05, 4.69) is 6.92 Å². The van der Waals surface area contributed by atoms with E-state index in [1.165, 1.54) is 0 Å². The first kappa shape index (κ1) is 31.8. The van der Waals surface area contributed by atoms with Crippen molar-refractivity contribution in [1.82, 2.24) is 0 Å². The maximum Gasteiger partial charge on any atom is 0.0443 e. The zero-order valence-electron chi connectivity index (χ0n) is 14.2. The Bertz CT molecular complexity index is 150. The van der Waals surface area contributed by atoms with Crippen LogP contribution in [0.5, 0.6) is 0 Å². The second-order valence-corrected chi connectivity index (χ2v) is 8.04. The minimum absolute atomic E-state index is 0.122. The molecule has 0 rings (SSSR count). The van der Waals surface area contributed by atoms with E-state index in [0.29, 0.717) is 23.6 Å². The Kier molecular flexibility index (Phi) is 40.2. The summed E-state index contributed by atoms with van der Waals surface area (Å²) in [6.45, 7) is 9.85. The van der Waals surface area contributed by atoms with Gasteiger partial charge in [-0.3, -0.25) is 0 Å². The lowest BCUT2D eigenvalue weighted by atomic mass is 10.1. The number of hydrogen-bond acceptors (Lipinski definition) is 0. The number of rotatable bonds is 6. The van der Waals surface area contributed by atoms with Crippen molar-refractivity contribution >= 4 is 81.2 Å². The van der Waals surface area contributed by atoms with Crippen molar-refractivity contribution in [3.05, 3.63) is 0 Å². The molecule has 0 bridgehead atoms. The number of hydrogen-bond donors (Lipinski definition) is 0. The van der Waals surface area contributed by atoms with E-state index in [0.717, 1.165) is 18.7 Å². The van der Waals surface area contributed by atoms with E-state index < -0.39 is 0 Å². The average molecular weight is 460 g/mol. The highest BCUT2D eigenvalue weighted by Crippen LogP contribution is 2.14. The molecule has 140 valence electrons. The third kappa shape index (κ3) is 43.1. The highest BCUT2D eigenvalue weighted by molar-refractivity contribution is 6.28. The predicted molar refractivity (Wildman–Crippen MR) is 113 cm³/mol. The van der Waals surface area contributed by atoms with E-state index in [4.69, 9.17) is 81.2 Å². The molecule has 0 nitrogen and oxygen atoms in total. The maximum atomic E-state index is 5.76. The molecule has 0 fully saturated rings. The molecule has 4 atom stereocenters. The molecular formula is C15H31Cl7. The van der Waals surface area contributed by atoms with E-state index >= 15 is 0 Å². The van der Waals surface area contributed by atoms with Crippen molar-refractivity contribution in [2.24, 2.45) is 5.92 Å². The molecule has 22 heavy (non-hydrogen) atoms. The summed E-state index contributed by atoms with van der Waals surface area (Å²) < 4.78 is 0. The summed E-state index contributed by atoms with van der Waals surface area (Å²) >= 11 is 37.6. The Balaban J connectivity index is -0.000000102. The van der Waals surface area contributed by atoms with Gasteiger partial charge in [-0.2, -0.15) is 0 Å². The monoisotopic (exact) mass is 456 g/mol. The van der Waals surface area contributed by atoms with Gasteiger partial charge >= 0.3 is 0 Å². The fraction of sp³-hybridized carbons (Fsp3) is 1.00. The van der Waals surface area contributed by atoms with Gasteiger partial charge in [0, 0.05) is 39.7 Å². The Morgan fingerprint density at radius 2 is 0.955 bits per heavy atom. The molecule has 0 N–H and O–H groups in total. The normalized spacial score (nSPS) is 14.7. The van der Waals surface area contributed by atoms with Crippen molar-refractivity contribution < 1.29 is 0 Å². The molecule has 0 saturated heterocycles. The SMILES string of the molecule is CC(Cl)CCl.CC(Cl)CCl.CCC(CCl)C(C)Cl.CCCCl. The van der Waals surface area contributed by atoms with Crippen molar-refractivity contribution in [3.8, 4) is 0 Å². The standard InChI is InChI=1S/C6H12Cl2.2C3H6Cl2.C3H7Cl/c1-3-6(4-7)5(2)8;2*1-3(5)2-4;1-2-3-4/h5-6H,3-4H2,1-2H3;2*3H,2H2,1H3;2-3H2,1H3. The lowest BCUT2D eigenvalue weighted by molar-refractivity contribution is 0.558. The van der Waals surface area contributed by atoms with Gasteiger partial charge in [0.1, 0.15) is 0 Å². The van der Waals surface area contributed by atoms with Crippen LogP contribution in [0.4, 0.5) is 0 Å². The molecule has 0 aliphatic heterocycles. The fourth-order valence-corrected chi connectivity index (χ4v) is 1.40. The van der Waals surface area contributed by atoms with Crippen molar-refractivity contribution in [2.75, 3.05) is 23.5 Å². The van der Waals surface area contributed by atoms with Gasteiger partial charge in [0.2, 0.25) is 0 Å².